The van der Waals surface area contributed by atoms with Crippen LogP contribution in [0.15, 0.2) is 30.3 Å². The van der Waals surface area contributed by atoms with Crippen molar-refractivity contribution in [2.45, 2.75) is 40.3 Å². The summed E-state index contributed by atoms with van der Waals surface area (Å²) in [6.45, 7) is 9.51. The van der Waals surface area contributed by atoms with Crippen molar-refractivity contribution in [3.8, 4) is 11.3 Å². The van der Waals surface area contributed by atoms with Gasteiger partial charge in [-0.25, -0.2) is 4.98 Å². The average molecular weight is 257 g/mol. The van der Waals surface area contributed by atoms with E-state index in [4.69, 9.17) is 4.98 Å². The quantitative estimate of drug-likeness (QED) is 0.860. The fourth-order valence-electron chi connectivity index (χ4n) is 1.98. The van der Waals surface area contributed by atoms with Gasteiger partial charge in [-0.2, -0.15) is 0 Å². The van der Waals surface area contributed by atoms with Gasteiger partial charge in [0.05, 0.1) is 12.2 Å². The van der Waals surface area contributed by atoms with E-state index in [1.54, 1.807) is 0 Å². The first-order valence-corrected chi connectivity index (χ1v) is 6.92. The average Bonchev–Trinajstić information content (AvgIpc) is 2.78. The second-order valence-corrected chi connectivity index (χ2v) is 5.44. The first kappa shape index (κ1) is 13.8. The van der Waals surface area contributed by atoms with E-state index in [9.17, 15) is 0 Å². The van der Waals surface area contributed by atoms with Crippen LogP contribution in [0.4, 0.5) is 0 Å². The molecule has 0 saturated heterocycles. The molecule has 0 bridgehead atoms. The Bertz CT molecular complexity index is 514. The van der Waals surface area contributed by atoms with Gasteiger partial charge in [-0.1, -0.05) is 44.2 Å². The molecule has 1 heterocycles. The van der Waals surface area contributed by atoms with Crippen LogP contribution in [0, 0.1) is 12.8 Å². The second kappa shape index (κ2) is 6.02. The zero-order chi connectivity index (χ0) is 13.8. The number of nitrogens with one attached hydrogen (secondary N) is 2. The maximum Gasteiger partial charge on any atom is 0.121 e. The van der Waals surface area contributed by atoms with E-state index in [0.717, 1.165) is 23.8 Å². The number of aromatic nitrogens is 2. The van der Waals surface area contributed by atoms with Gasteiger partial charge in [-0.3, -0.25) is 0 Å². The topological polar surface area (TPSA) is 40.7 Å². The Balaban J connectivity index is 2.09. The van der Waals surface area contributed by atoms with E-state index >= 15 is 0 Å². The largest absolute Gasteiger partial charge is 0.344 e. The molecule has 3 nitrogen and oxygen atoms in total. The summed E-state index contributed by atoms with van der Waals surface area (Å²) in [6.07, 6.45) is 0. The van der Waals surface area contributed by atoms with Crippen molar-refractivity contribution in [2.75, 3.05) is 0 Å². The number of aromatic amines is 1. The predicted octanol–water partition coefficient (Wildman–Crippen LogP) is 3.52. The molecule has 102 valence electrons. The van der Waals surface area contributed by atoms with E-state index in [-0.39, 0.29) is 0 Å². The monoisotopic (exact) mass is 257 g/mol. The third-order valence-corrected chi connectivity index (χ3v) is 3.57. The molecule has 0 aliphatic carbocycles. The zero-order valence-electron chi connectivity index (χ0n) is 12.2. The highest BCUT2D eigenvalue weighted by Crippen LogP contribution is 2.20. The first-order chi connectivity index (χ1) is 9.08. The summed E-state index contributed by atoms with van der Waals surface area (Å²) < 4.78 is 0. The summed E-state index contributed by atoms with van der Waals surface area (Å²) >= 11 is 0. The van der Waals surface area contributed by atoms with Gasteiger partial charge in [0.25, 0.3) is 0 Å². The molecule has 3 heteroatoms. The van der Waals surface area contributed by atoms with Gasteiger partial charge < -0.3 is 10.3 Å². The van der Waals surface area contributed by atoms with Crippen LogP contribution in [0.1, 0.15) is 32.3 Å². The SMILES string of the molecule is Cc1[nH]c(CNC(C)C(C)C)nc1-c1ccccc1. The van der Waals surface area contributed by atoms with E-state index in [0.29, 0.717) is 12.0 Å². The number of rotatable bonds is 5. The highest BCUT2D eigenvalue weighted by Gasteiger charge is 2.10. The molecule has 0 radical (unpaired) electrons. The number of imidazole rings is 1. The molecular weight excluding hydrogens is 234 g/mol. The molecule has 0 aliphatic rings. The maximum absolute atomic E-state index is 4.69. The Kier molecular flexibility index (Phi) is 4.38. The lowest BCUT2D eigenvalue weighted by Crippen LogP contribution is -2.30. The number of aryl methyl sites for hydroxylation is 1. The van der Waals surface area contributed by atoms with Crippen LogP contribution in [-0.2, 0) is 6.54 Å². The van der Waals surface area contributed by atoms with Crippen LogP contribution < -0.4 is 5.32 Å². The molecule has 2 aromatic rings. The summed E-state index contributed by atoms with van der Waals surface area (Å²) in [7, 11) is 0. The van der Waals surface area contributed by atoms with Crippen LogP contribution in [0.25, 0.3) is 11.3 Å². The lowest BCUT2D eigenvalue weighted by molar-refractivity contribution is 0.422. The number of benzene rings is 1. The molecule has 0 saturated carbocycles. The molecular formula is C16H23N3. The highest BCUT2D eigenvalue weighted by molar-refractivity contribution is 5.61. The third-order valence-electron chi connectivity index (χ3n) is 3.57. The van der Waals surface area contributed by atoms with Crippen LogP contribution in [-0.4, -0.2) is 16.0 Å². The smallest absolute Gasteiger partial charge is 0.121 e. The summed E-state index contributed by atoms with van der Waals surface area (Å²) in [5, 5.41) is 3.50. The van der Waals surface area contributed by atoms with Gasteiger partial charge in [0.1, 0.15) is 5.82 Å². The summed E-state index contributed by atoms with van der Waals surface area (Å²) in [6, 6.07) is 10.8. The Morgan fingerprint density at radius 3 is 2.47 bits per heavy atom. The Morgan fingerprint density at radius 1 is 1.16 bits per heavy atom. The fraction of sp³-hybridized carbons (Fsp3) is 0.438. The molecule has 0 fully saturated rings. The van der Waals surface area contributed by atoms with E-state index in [1.165, 1.54) is 5.56 Å². The molecule has 1 unspecified atom stereocenters. The van der Waals surface area contributed by atoms with Gasteiger partial charge >= 0.3 is 0 Å². The first-order valence-electron chi connectivity index (χ1n) is 6.92. The van der Waals surface area contributed by atoms with Crippen molar-refractivity contribution in [1.82, 2.24) is 15.3 Å². The summed E-state index contributed by atoms with van der Waals surface area (Å²) in [5.41, 5.74) is 3.34. The fourth-order valence-corrected chi connectivity index (χ4v) is 1.98. The lowest BCUT2D eigenvalue weighted by Gasteiger charge is -2.16. The van der Waals surface area contributed by atoms with Crippen LogP contribution in [0.3, 0.4) is 0 Å². The van der Waals surface area contributed by atoms with Gasteiger partial charge in [-0.05, 0) is 19.8 Å². The van der Waals surface area contributed by atoms with E-state index in [2.05, 4.69) is 50.1 Å². The standard InChI is InChI=1S/C16H23N3/c1-11(2)12(3)17-10-15-18-13(4)16(19-15)14-8-6-5-7-9-14/h5-9,11-12,17H,10H2,1-4H3,(H,18,19). The lowest BCUT2D eigenvalue weighted by atomic mass is 10.1. The third kappa shape index (κ3) is 3.44. The number of hydrogen-bond donors (Lipinski definition) is 2. The van der Waals surface area contributed by atoms with Crippen molar-refractivity contribution >= 4 is 0 Å². The maximum atomic E-state index is 4.69. The van der Waals surface area contributed by atoms with Crippen molar-refractivity contribution in [1.29, 1.82) is 0 Å². The minimum Gasteiger partial charge on any atom is -0.344 e. The zero-order valence-corrected chi connectivity index (χ0v) is 12.2. The van der Waals surface area contributed by atoms with E-state index < -0.39 is 0 Å². The van der Waals surface area contributed by atoms with Gasteiger partial charge in [0.15, 0.2) is 0 Å². The van der Waals surface area contributed by atoms with Gasteiger partial charge in [-0.15, -0.1) is 0 Å². The van der Waals surface area contributed by atoms with Crippen molar-refractivity contribution in [2.24, 2.45) is 5.92 Å². The molecule has 1 aromatic heterocycles. The minimum atomic E-state index is 0.491. The molecule has 0 amide bonds. The molecule has 0 spiro atoms. The predicted molar refractivity (Wildman–Crippen MR) is 79.9 cm³/mol. The molecule has 1 atom stereocenters. The molecule has 19 heavy (non-hydrogen) atoms. The number of hydrogen-bond acceptors (Lipinski definition) is 2. The molecule has 2 rings (SSSR count). The Labute approximate surface area is 115 Å². The van der Waals surface area contributed by atoms with Crippen molar-refractivity contribution in [3.63, 3.8) is 0 Å². The molecule has 2 N–H and O–H groups in total. The van der Waals surface area contributed by atoms with Crippen molar-refractivity contribution in [3.05, 3.63) is 41.9 Å². The summed E-state index contributed by atoms with van der Waals surface area (Å²) in [5.74, 6) is 1.63. The Morgan fingerprint density at radius 2 is 1.84 bits per heavy atom. The highest BCUT2D eigenvalue weighted by atomic mass is 15.0. The Hall–Kier alpha value is -1.61. The number of H-pyrrole nitrogens is 1. The minimum absolute atomic E-state index is 0.491. The molecule has 0 aliphatic heterocycles. The summed E-state index contributed by atoms with van der Waals surface area (Å²) in [4.78, 5) is 8.06. The van der Waals surface area contributed by atoms with Gasteiger partial charge in [0, 0.05) is 17.3 Å². The van der Waals surface area contributed by atoms with Crippen LogP contribution in [0.2, 0.25) is 0 Å². The van der Waals surface area contributed by atoms with Crippen LogP contribution in [0.5, 0.6) is 0 Å². The second-order valence-electron chi connectivity index (χ2n) is 5.44. The normalized spacial score (nSPS) is 12.9. The van der Waals surface area contributed by atoms with Gasteiger partial charge in [0.2, 0.25) is 0 Å². The molecule has 1 aromatic carbocycles. The van der Waals surface area contributed by atoms with E-state index in [1.807, 2.05) is 18.2 Å². The number of nitrogens with zero attached hydrogens (tertiary/aromatic N) is 1. The van der Waals surface area contributed by atoms with Crippen LogP contribution >= 0.6 is 0 Å². The van der Waals surface area contributed by atoms with Crippen molar-refractivity contribution < 1.29 is 0 Å².